The second-order valence-corrected chi connectivity index (χ2v) is 6.37. The molecule has 1 aliphatic rings. The van der Waals surface area contributed by atoms with Crippen LogP contribution in [0.3, 0.4) is 0 Å². The summed E-state index contributed by atoms with van der Waals surface area (Å²) in [6.07, 6.45) is 7.13. The fraction of sp³-hybridized carbons (Fsp3) is 0.368. The van der Waals surface area contributed by atoms with Crippen LogP contribution in [0.4, 0.5) is 5.69 Å². The SMILES string of the molecule is COc1ccc(OC)c(NC(=S)N2CCCC[C@@H]2c2cccnc2)c1. The fourth-order valence-corrected chi connectivity index (χ4v) is 3.52. The van der Waals surface area contributed by atoms with Gasteiger partial charge in [0, 0.05) is 25.0 Å². The number of piperidine rings is 1. The molecule has 5 nitrogen and oxygen atoms in total. The van der Waals surface area contributed by atoms with Crippen LogP contribution in [0.25, 0.3) is 0 Å². The molecule has 0 aliphatic carbocycles. The van der Waals surface area contributed by atoms with Crippen LogP contribution in [-0.4, -0.2) is 35.8 Å². The van der Waals surface area contributed by atoms with Gasteiger partial charge in [0.05, 0.1) is 25.9 Å². The van der Waals surface area contributed by atoms with Crippen LogP contribution in [0.5, 0.6) is 11.5 Å². The van der Waals surface area contributed by atoms with Gasteiger partial charge in [0.25, 0.3) is 0 Å². The molecule has 3 rings (SSSR count). The number of anilines is 1. The number of aromatic nitrogens is 1. The van der Waals surface area contributed by atoms with E-state index >= 15 is 0 Å². The van der Waals surface area contributed by atoms with Crippen molar-refractivity contribution in [2.45, 2.75) is 25.3 Å². The summed E-state index contributed by atoms with van der Waals surface area (Å²) in [7, 11) is 3.29. The molecule has 0 unspecified atom stereocenters. The van der Waals surface area contributed by atoms with Crippen LogP contribution >= 0.6 is 12.2 Å². The maximum atomic E-state index is 5.72. The molecular weight excluding hydrogens is 334 g/mol. The minimum absolute atomic E-state index is 0.249. The number of nitrogens with one attached hydrogen (secondary N) is 1. The van der Waals surface area contributed by atoms with Gasteiger partial charge in [-0.15, -0.1) is 0 Å². The predicted molar refractivity (Wildman–Crippen MR) is 103 cm³/mol. The highest BCUT2D eigenvalue weighted by Gasteiger charge is 2.26. The maximum absolute atomic E-state index is 5.72. The molecule has 0 radical (unpaired) electrons. The van der Waals surface area contributed by atoms with E-state index in [1.54, 1.807) is 20.4 Å². The zero-order chi connectivity index (χ0) is 17.6. The average molecular weight is 357 g/mol. The van der Waals surface area contributed by atoms with Crippen LogP contribution in [0.1, 0.15) is 30.9 Å². The molecule has 1 atom stereocenters. The zero-order valence-electron chi connectivity index (χ0n) is 14.6. The van der Waals surface area contributed by atoms with Crippen LogP contribution in [0.15, 0.2) is 42.7 Å². The van der Waals surface area contributed by atoms with E-state index in [1.165, 1.54) is 12.0 Å². The standard InChI is InChI=1S/C19H23N3O2S/c1-23-15-8-9-18(24-2)16(12-15)21-19(25)22-11-4-3-7-17(22)14-6-5-10-20-13-14/h5-6,8-10,12-13,17H,3-4,7,11H2,1-2H3,(H,21,25)/t17-/m1/s1. The zero-order valence-corrected chi connectivity index (χ0v) is 15.4. The van der Waals surface area contributed by atoms with Crippen LogP contribution in [0, 0.1) is 0 Å². The summed E-state index contributed by atoms with van der Waals surface area (Å²) < 4.78 is 10.7. The highest BCUT2D eigenvalue weighted by atomic mass is 32.1. The molecule has 6 heteroatoms. The van der Waals surface area contributed by atoms with E-state index in [0.29, 0.717) is 5.11 Å². The number of hydrogen-bond acceptors (Lipinski definition) is 4. The first-order valence-corrected chi connectivity index (χ1v) is 8.83. The number of rotatable bonds is 4. The van der Waals surface area contributed by atoms with Gasteiger partial charge in [0.1, 0.15) is 11.5 Å². The Bertz CT molecular complexity index is 724. The summed E-state index contributed by atoms with van der Waals surface area (Å²) in [5.41, 5.74) is 2.01. The third-order valence-electron chi connectivity index (χ3n) is 4.48. The molecule has 1 aromatic heterocycles. The van der Waals surface area contributed by atoms with Crippen molar-refractivity contribution >= 4 is 23.0 Å². The van der Waals surface area contributed by atoms with Gasteiger partial charge >= 0.3 is 0 Å². The summed E-state index contributed by atoms with van der Waals surface area (Å²) in [5, 5.41) is 4.03. The normalized spacial score (nSPS) is 17.0. The van der Waals surface area contributed by atoms with Crippen LogP contribution in [-0.2, 0) is 0 Å². The monoisotopic (exact) mass is 357 g/mol. The van der Waals surface area contributed by atoms with Gasteiger partial charge in [0.2, 0.25) is 0 Å². The third kappa shape index (κ3) is 4.02. The molecular formula is C19H23N3O2S. The van der Waals surface area contributed by atoms with Gasteiger partial charge in [-0.3, -0.25) is 4.98 Å². The van der Waals surface area contributed by atoms with E-state index in [4.69, 9.17) is 21.7 Å². The number of likely N-dealkylation sites (tertiary alicyclic amines) is 1. The van der Waals surface area contributed by atoms with E-state index in [-0.39, 0.29) is 6.04 Å². The summed E-state index contributed by atoms with van der Waals surface area (Å²) >= 11 is 5.72. The Balaban J connectivity index is 1.82. The molecule has 2 aromatic rings. The lowest BCUT2D eigenvalue weighted by Crippen LogP contribution is -2.41. The number of methoxy groups -OCH3 is 2. The van der Waals surface area contributed by atoms with Crippen molar-refractivity contribution in [1.29, 1.82) is 0 Å². The number of hydrogen-bond donors (Lipinski definition) is 1. The Kier molecular flexibility index (Phi) is 5.71. The average Bonchev–Trinajstić information content (AvgIpc) is 2.68. The Hall–Kier alpha value is -2.34. The highest BCUT2D eigenvalue weighted by molar-refractivity contribution is 7.80. The second-order valence-electron chi connectivity index (χ2n) is 5.99. The largest absolute Gasteiger partial charge is 0.497 e. The summed E-state index contributed by atoms with van der Waals surface area (Å²) in [6.45, 7) is 0.928. The van der Waals surface area contributed by atoms with E-state index in [1.807, 2.05) is 30.5 Å². The van der Waals surface area contributed by atoms with E-state index in [0.717, 1.165) is 36.6 Å². The molecule has 1 aromatic carbocycles. The Morgan fingerprint density at radius 2 is 2.12 bits per heavy atom. The van der Waals surface area contributed by atoms with Gasteiger partial charge in [-0.2, -0.15) is 0 Å². The van der Waals surface area contributed by atoms with Crippen molar-refractivity contribution in [3.63, 3.8) is 0 Å². The molecule has 132 valence electrons. The Labute approximate surface area is 154 Å². The van der Waals surface area contributed by atoms with E-state index in [2.05, 4.69) is 21.3 Å². The first-order chi connectivity index (χ1) is 12.2. The first-order valence-electron chi connectivity index (χ1n) is 8.42. The van der Waals surface area contributed by atoms with Crippen LogP contribution < -0.4 is 14.8 Å². The van der Waals surface area contributed by atoms with Crippen molar-refractivity contribution in [1.82, 2.24) is 9.88 Å². The maximum Gasteiger partial charge on any atom is 0.174 e. The van der Waals surface area contributed by atoms with Gasteiger partial charge < -0.3 is 19.7 Å². The quantitative estimate of drug-likeness (QED) is 0.834. The Morgan fingerprint density at radius 1 is 1.24 bits per heavy atom. The molecule has 0 spiro atoms. The van der Waals surface area contributed by atoms with Gasteiger partial charge in [0.15, 0.2) is 5.11 Å². The molecule has 1 aliphatic heterocycles. The molecule has 25 heavy (non-hydrogen) atoms. The van der Waals surface area contributed by atoms with Crippen molar-refractivity contribution in [2.24, 2.45) is 0 Å². The topological polar surface area (TPSA) is 46.6 Å². The van der Waals surface area contributed by atoms with Gasteiger partial charge in [-0.25, -0.2) is 0 Å². The minimum Gasteiger partial charge on any atom is -0.497 e. The number of pyridine rings is 1. The summed E-state index contributed by atoms with van der Waals surface area (Å²) in [4.78, 5) is 6.51. The fourth-order valence-electron chi connectivity index (χ4n) is 3.19. The highest BCUT2D eigenvalue weighted by Crippen LogP contribution is 2.33. The lowest BCUT2D eigenvalue weighted by Gasteiger charge is -2.38. The van der Waals surface area contributed by atoms with Gasteiger partial charge in [-0.1, -0.05) is 6.07 Å². The molecule has 1 fully saturated rings. The van der Waals surface area contributed by atoms with E-state index < -0.39 is 0 Å². The summed E-state index contributed by atoms with van der Waals surface area (Å²) in [5.74, 6) is 1.49. The van der Waals surface area contributed by atoms with Crippen molar-refractivity contribution in [3.8, 4) is 11.5 Å². The number of benzene rings is 1. The smallest absolute Gasteiger partial charge is 0.174 e. The van der Waals surface area contributed by atoms with Crippen molar-refractivity contribution in [3.05, 3.63) is 48.3 Å². The number of ether oxygens (including phenoxy) is 2. The van der Waals surface area contributed by atoms with Crippen LogP contribution in [0.2, 0.25) is 0 Å². The third-order valence-corrected chi connectivity index (χ3v) is 4.82. The summed E-state index contributed by atoms with van der Waals surface area (Å²) in [6, 6.07) is 9.98. The second kappa shape index (κ2) is 8.16. The van der Waals surface area contributed by atoms with E-state index in [9.17, 15) is 0 Å². The molecule has 2 heterocycles. The first kappa shape index (κ1) is 17.5. The predicted octanol–water partition coefficient (Wildman–Crippen LogP) is 4.02. The molecule has 1 N–H and O–H groups in total. The molecule has 1 saturated heterocycles. The van der Waals surface area contributed by atoms with Crippen molar-refractivity contribution in [2.75, 3.05) is 26.1 Å². The minimum atomic E-state index is 0.249. The Morgan fingerprint density at radius 3 is 2.84 bits per heavy atom. The molecule has 0 bridgehead atoms. The number of thiocarbonyl (C=S) groups is 1. The molecule has 0 amide bonds. The lowest BCUT2D eigenvalue weighted by atomic mass is 9.97. The molecule has 0 saturated carbocycles. The number of nitrogens with zero attached hydrogens (tertiary/aromatic N) is 2. The lowest BCUT2D eigenvalue weighted by molar-refractivity contribution is 0.248. The van der Waals surface area contributed by atoms with Gasteiger partial charge in [-0.05, 0) is 55.2 Å². The van der Waals surface area contributed by atoms with Crippen molar-refractivity contribution < 1.29 is 9.47 Å².